The molecule has 0 radical (unpaired) electrons. The van der Waals surface area contributed by atoms with Crippen molar-refractivity contribution in [1.29, 1.82) is 0 Å². The van der Waals surface area contributed by atoms with Gasteiger partial charge in [0.15, 0.2) is 5.58 Å². The van der Waals surface area contributed by atoms with Crippen LogP contribution in [0.3, 0.4) is 0 Å². The summed E-state index contributed by atoms with van der Waals surface area (Å²) in [4.78, 5) is 18.3. The Balaban J connectivity index is 1.19. The molecule has 0 unspecified atom stereocenters. The first-order chi connectivity index (χ1) is 14.9. The zero-order valence-corrected chi connectivity index (χ0v) is 17.7. The van der Waals surface area contributed by atoms with E-state index in [4.69, 9.17) is 4.42 Å². The van der Waals surface area contributed by atoms with E-state index in [1.165, 1.54) is 62.9 Å². The van der Waals surface area contributed by atoms with Crippen LogP contribution in [0.15, 0.2) is 50.6 Å². The van der Waals surface area contributed by atoms with Crippen LogP contribution in [0, 0.1) is 17.8 Å². The number of nitrogens with one attached hydrogen (secondary N) is 3. The number of aromatic nitrogens is 2. The third-order valence-electron chi connectivity index (χ3n) is 7.15. The van der Waals surface area contributed by atoms with Gasteiger partial charge in [0, 0.05) is 11.6 Å². The average Bonchev–Trinajstić information content (AvgIpc) is 3.07. The maximum absolute atomic E-state index is 12.8. The standard InChI is InChI=1S/C22H24N4O4S/c27-21-24-18-3-2-17(8-19(18)30-21)31(28,29)26-16-1-4-20(23-12-16)25-22-9-13-5-14(10-22)7-15(6-13)11-22/h1-4,8,12-15,26H,5-7,9-11H2,(H,23,25)(H,24,27). The van der Waals surface area contributed by atoms with E-state index < -0.39 is 15.8 Å². The van der Waals surface area contributed by atoms with Gasteiger partial charge in [-0.3, -0.25) is 9.71 Å². The third-order valence-corrected chi connectivity index (χ3v) is 8.53. The van der Waals surface area contributed by atoms with Crippen molar-refractivity contribution in [2.24, 2.45) is 17.8 Å². The molecule has 1 aromatic carbocycles. The molecule has 0 atom stereocenters. The highest BCUT2D eigenvalue weighted by Gasteiger charge is 2.51. The van der Waals surface area contributed by atoms with Gasteiger partial charge in [0.1, 0.15) is 5.82 Å². The lowest BCUT2D eigenvalue weighted by Gasteiger charge is -2.57. The lowest BCUT2D eigenvalue weighted by Crippen LogP contribution is -2.54. The normalized spacial score (nSPS) is 29.4. The van der Waals surface area contributed by atoms with Crippen LogP contribution in [-0.2, 0) is 10.0 Å². The maximum Gasteiger partial charge on any atom is 0.417 e. The van der Waals surface area contributed by atoms with E-state index in [1.54, 1.807) is 6.07 Å². The summed E-state index contributed by atoms with van der Waals surface area (Å²) in [5, 5.41) is 3.70. The quantitative estimate of drug-likeness (QED) is 0.557. The summed E-state index contributed by atoms with van der Waals surface area (Å²) in [7, 11) is -3.84. The first kappa shape index (κ1) is 18.9. The molecule has 2 aromatic heterocycles. The van der Waals surface area contributed by atoms with E-state index in [0.717, 1.165) is 23.6 Å². The minimum absolute atomic E-state index is 0.0125. The van der Waals surface area contributed by atoms with Gasteiger partial charge in [0.05, 0.1) is 22.3 Å². The average molecular weight is 441 g/mol. The number of pyridine rings is 1. The van der Waals surface area contributed by atoms with E-state index in [1.807, 2.05) is 6.07 Å². The van der Waals surface area contributed by atoms with Crippen molar-refractivity contribution in [3.05, 3.63) is 47.1 Å². The number of sulfonamides is 1. The molecule has 4 aliphatic rings. The van der Waals surface area contributed by atoms with Crippen LogP contribution in [-0.4, -0.2) is 23.9 Å². The minimum Gasteiger partial charge on any atom is -0.408 e. The molecule has 3 aromatic rings. The van der Waals surface area contributed by atoms with Gasteiger partial charge >= 0.3 is 5.76 Å². The summed E-state index contributed by atoms with van der Waals surface area (Å²) in [5.74, 6) is 2.69. The molecule has 31 heavy (non-hydrogen) atoms. The van der Waals surface area contributed by atoms with Crippen molar-refractivity contribution < 1.29 is 12.8 Å². The van der Waals surface area contributed by atoms with Gasteiger partial charge in [-0.15, -0.1) is 0 Å². The molecule has 4 fully saturated rings. The smallest absolute Gasteiger partial charge is 0.408 e. The fourth-order valence-electron chi connectivity index (χ4n) is 6.37. The van der Waals surface area contributed by atoms with Gasteiger partial charge < -0.3 is 9.73 Å². The summed E-state index contributed by atoms with van der Waals surface area (Å²) in [6.07, 6.45) is 9.33. The van der Waals surface area contributed by atoms with Gasteiger partial charge in [-0.1, -0.05) is 0 Å². The van der Waals surface area contributed by atoms with Gasteiger partial charge in [-0.05, 0) is 80.5 Å². The van der Waals surface area contributed by atoms with Crippen LogP contribution in [0.1, 0.15) is 38.5 Å². The summed E-state index contributed by atoms with van der Waals surface area (Å²) in [6.45, 7) is 0. The Morgan fingerprint density at radius 3 is 2.39 bits per heavy atom. The van der Waals surface area contributed by atoms with Crippen molar-refractivity contribution in [1.82, 2.24) is 9.97 Å². The van der Waals surface area contributed by atoms with E-state index in [9.17, 15) is 13.2 Å². The molecule has 8 nitrogen and oxygen atoms in total. The largest absolute Gasteiger partial charge is 0.417 e. The van der Waals surface area contributed by atoms with E-state index >= 15 is 0 Å². The molecule has 0 amide bonds. The SMILES string of the molecule is O=c1[nH]c2ccc(S(=O)(=O)Nc3ccc(NC45CC6CC(CC(C6)C4)C5)nc3)cc2o1. The van der Waals surface area contributed by atoms with E-state index in [0.29, 0.717) is 11.2 Å². The minimum atomic E-state index is -3.84. The van der Waals surface area contributed by atoms with Gasteiger partial charge in [-0.25, -0.2) is 18.2 Å². The fourth-order valence-corrected chi connectivity index (χ4v) is 7.43. The lowest BCUT2D eigenvalue weighted by molar-refractivity contribution is 0.0105. The molecule has 0 spiro atoms. The Morgan fingerprint density at radius 2 is 1.74 bits per heavy atom. The number of oxazole rings is 1. The molecule has 162 valence electrons. The van der Waals surface area contributed by atoms with Gasteiger partial charge in [0.2, 0.25) is 0 Å². The first-order valence-corrected chi connectivity index (χ1v) is 12.2. The Kier molecular flexibility index (Phi) is 4.02. The fraction of sp³-hybridized carbons (Fsp3) is 0.455. The van der Waals surface area contributed by atoms with Crippen molar-refractivity contribution in [2.75, 3.05) is 10.0 Å². The van der Waals surface area contributed by atoms with Crippen molar-refractivity contribution in [3.63, 3.8) is 0 Å². The van der Waals surface area contributed by atoms with Crippen LogP contribution in [0.25, 0.3) is 11.1 Å². The number of nitrogens with zero attached hydrogens (tertiary/aromatic N) is 1. The molecular formula is C22H24N4O4S. The number of anilines is 2. The van der Waals surface area contributed by atoms with Crippen molar-refractivity contribution >= 4 is 32.6 Å². The molecule has 7 rings (SSSR count). The van der Waals surface area contributed by atoms with Gasteiger partial charge in [-0.2, -0.15) is 0 Å². The first-order valence-electron chi connectivity index (χ1n) is 10.8. The molecule has 0 aliphatic heterocycles. The van der Waals surface area contributed by atoms with Crippen LogP contribution in [0.2, 0.25) is 0 Å². The number of H-pyrrole nitrogens is 1. The molecule has 3 N–H and O–H groups in total. The monoisotopic (exact) mass is 440 g/mol. The molecule has 4 bridgehead atoms. The van der Waals surface area contributed by atoms with Crippen molar-refractivity contribution in [3.8, 4) is 0 Å². The second kappa shape index (κ2) is 6.59. The highest BCUT2D eigenvalue weighted by atomic mass is 32.2. The number of fused-ring (bicyclic) bond motifs is 1. The molecule has 9 heteroatoms. The summed E-state index contributed by atoms with van der Waals surface area (Å²) >= 11 is 0. The lowest BCUT2D eigenvalue weighted by atomic mass is 9.53. The predicted molar refractivity (Wildman–Crippen MR) is 116 cm³/mol. The third kappa shape index (κ3) is 3.40. The van der Waals surface area contributed by atoms with Crippen LogP contribution < -0.4 is 15.8 Å². The molecule has 4 saturated carbocycles. The summed E-state index contributed by atoms with van der Waals surface area (Å²) < 4.78 is 33.0. The Hall–Kier alpha value is -2.81. The number of rotatable bonds is 5. The summed E-state index contributed by atoms with van der Waals surface area (Å²) in [5.41, 5.74) is 1.18. The zero-order chi connectivity index (χ0) is 21.2. The van der Waals surface area contributed by atoms with Crippen LogP contribution >= 0.6 is 0 Å². The van der Waals surface area contributed by atoms with Crippen LogP contribution in [0.4, 0.5) is 11.5 Å². The number of benzene rings is 1. The predicted octanol–water partition coefficient (Wildman–Crippen LogP) is 3.70. The number of hydrogen-bond donors (Lipinski definition) is 3. The zero-order valence-electron chi connectivity index (χ0n) is 16.9. The van der Waals surface area contributed by atoms with Crippen molar-refractivity contribution in [2.45, 2.75) is 49.0 Å². The Morgan fingerprint density at radius 1 is 1.03 bits per heavy atom. The number of aromatic amines is 1. The van der Waals surface area contributed by atoms with E-state index in [2.05, 4.69) is 20.0 Å². The highest BCUT2D eigenvalue weighted by Crippen LogP contribution is 2.56. The summed E-state index contributed by atoms with van der Waals surface area (Å²) in [6, 6.07) is 7.82. The molecule has 2 heterocycles. The highest BCUT2D eigenvalue weighted by molar-refractivity contribution is 7.92. The topological polar surface area (TPSA) is 117 Å². The Labute approximate surface area is 179 Å². The van der Waals surface area contributed by atoms with Gasteiger partial charge in [0.25, 0.3) is 10.0 Å². The second-order valence-corrected chi connectivity index (χ2v) is 11.2. The molecule has 0 saturated heterocycles. The Bertz CT molecular complexity index is 1270. The second-order valence-electron chi connectivity index (χ2n) is 9.53. The molecule has 4 aliphatic carbocycles. The van der Waals surface area contributed by atoms with E-state index in [-0.39, 0.29) is 16.0 Å². The molecular weight excluding hydrogens is 416 g/mol. The number of hydrogen-bond acceptors (Lipinski definition) is 6. The van der Waals surface area contributed by atoms with Crippen LogP contribution in [0.5, 0.6) is 0 Å². The maximum atomic E-state index is 12.8.